The van der Waals surface area contributed by atoms with Crippen LogP contribution in [0.25, 0.3) is 0 Å². The number of hydrogen-bond acceptors (Lipinski definition) is 4. The second-order valence-electron chi connectivity index (χ2n) is 7.49. The molecule has 2 fully saturated rings. The third-order valence-electron chi connectivity index (χ3n) is 5.38. The fourth-order valence-corrected chi connectivity index (χ4v) is 4.21. The maximum atomic E-state index is 12.5. The lowest BCUT2D eigenvalue weighted by atomic mass is 10.2. The van der Waals surface area contributed by atoms with Crippen molar-refractivity contribution in [2.24, 2.45) is 0 Å². The van der Waals surface area contributed by atoms with Crippen LogP contribution in [0.2, 0.25) is 10.0 Å². The predicted molar refractivity (Wildman–Crippen MR) is 113 cm³/mol. The number of carbonyl (C=O) groups excluding carboxylic acids is 2. The van der Waals surface area contributed by atoms with E-state index in [9.17, 15) is 9.59 Å². The van der Waals surface area contributed by atoms with Crippen molar-refractivity contribution in [3.63, 3.8) is 0 Å². The second-order valence-corrected chi connectivity index (χ2v) is 8.31. The Kier molecular flexibility index (Phi) is 7.97. The summed E-state index contributed by atoms with van der Waals surface area (Å²) in [6.07, 6.45) is 4.68. The molecule has 1 aromatic rings. The topological polar surface area (TPSA) is 55.9 Å². The summed E-state index contributed by atoms with van der Waals surface area (Å²) >= 11 is 12.2. The number of halogens is 2. The van der Waals surface area contributed by atoms with Gasteiger partial charge in [0, 0.05) is 39.3 Å². The van der Waals surface area contributed by atoms with Crippen LogP contribution in [0.4, 0.5) is 5.69 Å². The highest BCUT2D eigenvalue weighted by atomic mass is 35.5. The van der Waals surface area contributed by atoms with Crippen molar-refractivity contribution in [2.75, 3.05) is 57.7 Å². The number of anilines is 1. The van der Waals surface area contributed by atoms with Gasteiger partial charge < -0.3 is 10.2 Å². The minimum absolute atomic E-state index is 0.135. The van der Waals surface area contributed by atoms with Gasteiger partial charge in [-0.2, -0.15) is 0 Å². The zero-order valence-electron chi connectivity index (χ0n) is 16.1. The Hall–Kier alpha value is -1.34. The lowest BCUT2D eigenvalue weighted by Gasteiger charge is -2.35. The molecule has 1 aromatic carbocycles. The maximum absolute atomic E-state index is 12.5. The number of rotatable bonds is 5. The van der Waals surface area contributed by atoms with E-state index >= 15 is 0 Å². The molecule has 2 aliphatic heterocycles. The molecule has 0 aromatic heterocycles. The van der Waals surface area contributed by atoms with Gasteiger partial charge in [-0.3, -0.25) is 19.4 Å². The standard InChI is InChI=1S/C20H28Cl2N4O2/c21-16-6-5-7-17(22)20(16)23-18(27)14-24-10-12-25(13-11-24)15-19(28)26-8-3-1-2-4-9-26/h5-7H,1-4,8-15H2,(H,23,27). The smallest absolute Gasteiger partial charge is 0.238 e. The van der Waals surface area contributed by atoms with Crippen molar-refractivity contribution < 1.29 is 9.59 Å². The van der Waals surface area contributed by atoms with E-state index < -0.39 is 0 Å². The highest BCUT2D eigenvalue weighted by molar-refractivity contribution is 6.39. The molecular formula is C20H28Cl2N4O2. The molecule has 0 aliphatic carbocycles. The van der Waals surface area contributed by atoms with Crippen molar-refractivity contribution in [1.82, 2.24) is 14.7 Å². The minimum Gasteiger partial charge on any atom is -0.342 e. The largest absolute Gasteiger partial charge is 0.342 e. The first kappa shape index (κ1) is 21.4. The van der Waals surface area contributed by atoms with E-state index in [1.165, 1.54) is 12.8 Å². The van der Waals surface area contributed by atoms with E-state index in [2.05, 4.69) is 15.1 Å². The lowest BCUT2D eigenvalue weighted by Crippen LogP contribution is -2.51. The van der Waals surface area contributed by atoms with E-state index in [1.54, 1.807) is 18.2 Å². The molecule has 3 rings (SSSR count). The molecule has 0 atom stereocenters. The summed E-state index contributed by atoms with van der Waals surface area (Å²) in [5.41, 5.74) is 0.456. The Balaban J connectivity index is 1.41. The molecule has 2 amide bonds. The maximum Gasteiger partial charge on any atom is 0.238 e. The summed E-state index contributed by atoms with van der Waals surface area (Å²) in [5.74, 6) is 0.102. The molecule has 0 spiro atoms. The van der Waals surface area contributed by atoms with Crippen LogP contribution in [0, 0.1) is 0 Å². The van der Waals surface area contributed by atoms with E-state index in [1.807, 2.05) is 4.90 Å². The SMILES string of the molecule is O=C(CN1CCN(CC(=O)N2CCCCCC2)CC1)Nc1c(Cl)cccc1Cl. The number of benzene rings is 1. The third kappa shape index (κ3) is 6.08. The summed E-state index contributed by atoms with van der Waals surface area (Å²) in [6.45, 7) is 5.66. The lowest BCUT2D eigenvalue weighted by molar-refractivity contribution is -0.133. The molecule has 154 valence electrons. The van der Waals surface area contributed by atoms with Gasteiger partial charge in [0.15, 0.2) is 0 Å². The van der Waals surface area contributed by atoms with Gasteiger partial charge in [-0.05, 0) is 25.0 Å². The molecule has 0 unspecified atom stereocenters. The highest BCUT2D eigenvalue weighted by Crippen LogP contribution is 2.29. The monoisotopic (exact) mass is 426 g/mol. The van der Waals surface area contributed by atoms with Gasteiger partial charge >= 0.3 is 0 Å². The number of nitrogens with one attached hydrogen (secondary N) is 1. The molecule has 2 aliphatic rings. The van der Waals surface area contributed by atoms with Gasteiger partial charge in [0.2, 0.25) is 11.8 Å². The van der Waals surface area contributed by atoms with E-state index in [-0.39, 0.29) is 18.4 Å². The van der Waals surface area contributed by atoms with Crippen LogP contribution < -0.4 is 5.32 Å². The Morgan fingerprint density at radius 2 is 1.36 bits per heavy atom. The molecule has 0 radical (unpaired) electrons. The summed E-state index contributed by atoms with van der Waals surface area (Å²) in [5, 5.41) is 3.66. The fraction of sp³-hybridized carbons (Fsp3) is 0.600. The van der Waals surface area contributed by atoms with Crippen LogP contribution in [0.15, 0.2) is 18.2 Å². The van der Waals surface area contributed by atoms with Crippen molar-refractivity contribution >= 4 is 40.7 Å². The number of piperazine rings is 1. The van der Waals surface area contributed by atoms with Crippen molar-refractivity contribution in [1.29, 1.82) is 0 Å². The molecule has 2 heterocycles. The van der Waals surface area contributed by atoms with Crippen LogP contribution in [0.1, 0.15) is 25.7 Å². The first-order valence-electron chi connectivity index (χ1n) is 9.99. The predicted octanol–water partition coefficient (Wildman–Crippen LogP) is 2.95. The Labute approximate surface area is 176 Å². The summed E-state index contributed by atoms with van der Waals surface area (Å²) < 4.78 is 0. The van der Waals surface area contributed by atoms with E-state index in [0.717, 1.165) is 52.1 Å². The minimum atomic E-state index is -0.135. The average molecular weight is 427 g/mol. The Bertz CT molecular complexity index is 665. The molecule has 2 saturated heterocycles. The zero-order valence-corrected chi connectivity index (χ0v) is 17.6. The van der Waals surface area contributed by atoms with Crippen molar-refractivity contribution in [2.45, 2.75) is 25.7 Å². The van der Waals surface area contributed by atoms with Gasteiger partial charge in [-0.25, -0.2) is 0 Å². The van der Waals surface area contributed by atoms with Crippen LogP contribution in [-0.4, -0.2) is 78.9 Å². The quantitative estimate of drug-likeness (QED) is 0.785. The summed E-state index contributed by atoms with van der Waals surface area (Å²) in [7, 11) is 0. The number of likely N-dealkylation sites (tertiary alicyclic amines) is 1. The molecule has 28 heavy (non-hydrogen) atoms. The number of nitrogens with zero attached hydrogens (tertiary/aromatic N) is 3. The van der Waals surface area contributed by atoms with Crippen LogP contribution in [-0.2, 0) is 9.59 Å². The Morgan fingerprint density at radius 1 is 0.821 bits per heavy atom. The van der Waals surface area contributed by atoms with Crippen molar-refractivity contribution in [3.8, 4) is 0 Å². The van der Waals surface area contributed by atoms with E-state index in [4.69, 9.17) is 23.2 Å². The van der Waals surface area contributed by atoms with Crippen LogP contribution in [0.5, 0.6) is 0 Å². The number of para-hydroxylation sites is 1. The number of hydrogen-bond donors (Lipinski definition) is 1. The molecule has 6 nitrogen and oxygen atoms in total. The number of amides is 2. The molecule has 8 heteroatoms. The zero-order chi connectivity index (χ0) is 19.9. The molecular weight excluding hydrogens is 399 g/mol. The fourth-order valence-electron chi connectivity index (χ4n) is 3.72. The van der Waals surface area contributed by atoms with Crippen LogP contribution in [0.3, 0.4) is 0 Å². The van der Waals surface area contributed by atoms with E-state index in [0.29, 0.717) is 22.3 Å². The summed E-state index contributed by atoms with van der Waals surface area (Å²) in [4.78, 5) is 31.2. The van der Waals surface area contributed by atoms with Gasteiger partial charge in [0.25, 0.3) is 0 Å². The van der Waals surface area contributed by atoms with Gasteiger partial charge in [-0.1, -0.05) is 42.1 Å². The molecule has 1 N–H and O–H groups in total. The van der Waals surface area contributed by atoms with Gasteiger partial charge in [-0.15, -0.1) is 0 Å². The van der Waals surface area contributed by atoms with Crippen LogP contribution >= 0.6 is 23.2 Å². The Morgan fingerprint density at radius 3 is 1.93 bits per heavy atom. The third-order valence-corrected chi connectivity index (χ3v) is 6.01. The molecule has 0 bridgehead atoms. The highest BCUT2D eigenvalue weighted by Gasteiger charge is 2.23. The molecule has 0 saturated carbocycles. The average Bonchev–Trinajstić information content (AvgIpc) is 2.96. The normalized spacial score (nSPS) is 19.3. The summed E-state index contributed by atoms with van der Waals surface area (Å²) in [6, 6.07) is 5.14. The number of carbonyl (C=O) groups is 2. The first-order chi connectivity index (χ1) is 13.5. The second kappa shape index (κ2) is 10.4. The van der Waals surface area contributed by atoms with Gasteiger partial charge in [0.1, 0.15) is 0 Å². The first-order valence-corrected chi connectivity index (χ1v) is 10.7. The van der Waals surface area contributed by atoms with Gasteiger partial charge in [0.05, 0.1) is 28.8 Å². The van der Waals surface area contributed by atoms with Crippen molar-refractivity contribution in [3.05, 3.63) is 28.2 Å².